The van der Waals surface area contributed by atoms with Crippen LogP contribution in [0.15, 0.2) is 12.3 Å². The largest absolute Gasteiger partial charge is 0.382 e. The minimum absolute atomic E-state index is 0.155. The highest BCUT2D eigenvalue weighted by atomic mass is 16.2. The van der Waals surface area contributed by atoms with Gasteiger partial charge >= 0.3 is 0 Å². The molecule has 2 N–H and O–H groups in total. The van der Waals surface area contributed by atoms with Gasteiger partial charge in [-0.05, 0) is 25.3 Å². The number of hydrogen-bond donors (Lipinski definition) is 1. The van der Waals surface area contributed by atoms with Crippen LogP contribution in [0.1, 0.15) is 45.6 Å². The Labute approximate surface area is 114 Å². The van der Waals surface area contributed by atoms with Crippen molar-refractivity contribution < 1.29 is 4.79 Å². The average molecular weight is 264 g/mol. The van der Waals surface area contributed by atoms with E-state index < -0.39 is 0 Å². The molecule has 1 saturated heterocycles. The first-order valence-electron chi connectivity index (χ1n) is 7.21. The van der Waals surface area contributed by atoms with E-state index >= 15 is 0 Å². The van der Waals surface area contributed by atoms with Crippen molar-refractivity contribution in [2.75, 3.05) is 18.8 Å². The number of nitrogens with two attached hydrogens (primary N) is 1. The summed E-state index contributed by atoms with van der Waals surface area (Å²) < 4.78 is 1.94. The first kappa shape index (κ1) is 13.9. The molecule has 0 bridgehead atoms. The average Bonchev–Trinajstić information content (AvgIpc) is 2.85. The molecule has 1 aliphatic heterocycles. The number of carbonyl (C=O) groups is 1. The maximum atomic E-state index is 12.2. The van der Waals surface area contributed by atoms with Crippen LogP contribution in [-0.2, 0) is 4.79 Å². The number of aromatic nitrogens is 2. The lowest BCUT2D eigenvalue weighted by molar-refractivity contribution is -0.136. The molecule has 0 saturated carbocycles. The molecular weight excluding hydrogens is 240 g/mol. The Morgan fingerprint density at radius 3 is 2.74 bits per heavy atom. The molecule has 1 aliphatic rings. The Hall–Kier alpha value is -1.52. The molecule has 2 heterocycles. The monoisotopic (exact) mass is 264 g/mol. The molecule has 1 aromatic heterocycles. The van der Waals surface area contributed by atoms with Gasteiger partial charge in [-0.1, -0.05) is 20.3 Å². The summed E-state index contributed by atoms with van der Waals surface area (Å²) in [4.78, 5) is 14.2. The molecule has 2 rings (SSSR count). The van der Waals surface area contributed by atoms with E-state index in [-0.39, 0.29) is 5.92 Å². The van der Waals surface area contributed by atoms with E-state index in [0.717, 1.165) is 38.8 Å². The molecule has 1 amide bonds. The Morgan fingerprint density at radius 2 is 2.21 bits per heavy atom. The van der Waals surface area contributed by atoms with E-state index in [1.165, 1.54) is 0 Å². The fourth-order valence-corrected chi connectivity index (χ4v) is 2.78. The van der Waals surface area contributed by atoms with Gasteiger partial charge in [-0.25, -0.2) is 0 Å². The lowest BCUT2D eigenvalue weighted by Gasteiger charge is -2.33. The van der Waals surface area contributed by atoms with Crippen LogP contribution < -0.4 is 5.73 Å². The summed E-state index contributed by atoms with van der Waals surface area (Å²) in [5.74, 6) is 1.03. The molecule has 0 aromatic carbocycles. The zero-order valence-corrected chi connectivity index (χ0v) is 11.9. The topological polar surface area (TPSA) is 64.2 Å². The van der Waals surface area contributed by atoms with Gasteiger partial charge in [0.05, 0.1) is 6.04 Å². The normalized spacial score (nSPS) is 18.5. The van der Waals surface area contributed by atoms with Gasteiger partial charge in [0.1, 0.15) is 5.82 Å². The molecule has 19 heavy (non-hydrogen) atoms. The van der Waals surface area contributed by atoms with Gasteiger partial charge < -0.3 is 10.6 Å². The molecule has 0 aliphatic carbocycles. The second kappa shape index (κ2) is 6.08. The predicted molar refractivity (Wildman–Crippen MR) is 75.6 cm³/mol. The van der Waals surface area contributed by atoms with Crippen LogP contribution in [0, 0.1) is 5.92 Å². The fraction of sp³-hybridized carbons (Fsp3) is 0.714. The number of amides is 1. The molecular formula is C14H24N4O. The minimum atomic E-state index is 0.155. The van der Waals surface area contributed by atoms with Crippen molar-refractivity contribution in [2.45, 2.75) is 45.6 Å². The van der Waals surface area contributed by atoms with E-state index in [2.05, 4.69) is 12.0 Å². The molecule has 1 unspecified atom stereocenters. The lowest BCUT2D eigenvalue weighted by Crippen LogP contribution is -2.41. The smallest absolute Gasteiger partial charge is 0.225 e. The summed E-state index contributed by atoms with van der Waals surface area (Å²) in [7, 11) is 0. The Bertz CT molecular complexity index is 421. The van der Waals surface area contributed by atoms with Crippen molar-refractivity contribution in [3.05, 3.63) is 12.3 Å². The van der Waals surface area contributed by atoms with Crippen LogP contribution in [-0.4, -0.2) is 33.7 Å². The van der Waals surface area contributed by atoms with Crippen molar-refractivity contribution in [3.8, 4) is 0 Å². The van der Waals surface area contributed by atoms with Crippen LogP contribution >= 0.6 is 0 Å². The molecule has 1 atom stereocenters. The van der Waals surface area contributed by atoms with E-state index in [1.807, 2.05) is 28.8 Å². The van der Waals surface area contributed by atoms with E-state index in [1.54, 1.807) is 0 Å². The van der Waals surface area contributed by atoms with Crippen LogP contribution in [0.5, 0.6) is 0 Å². The molecule has 5 nitrogen and oxygen atoms in total. The van der Waals surface area contributed by atoms with Crippen LogP contribution in [0.4, 0.5) is 5.82 Å². The third kappa shape index (κ3) is 3.28. The molecule has 1 fully saturated rings. The van der Waals surface area contributed by atoms with Crippen molar-refractivity contribution in [2.24, 2.45) is 5.92 Å². The van der Waals surface area contributed by atoms with Gasteiger partial charge in [-0.2, -0.15) is 5.10 Å². The van der Waals surface area contributed by atoms with Crippen LogP contribution in [0.3, 0.4) is 0 Å². The van der Waals surface area contributed by atoms with Gasteiger partial charge in [0.25, 0.3) is 0 Å². The van der Waals surface area contributed by atoms with E-state index in [0.29, 0.717) is 17.8 Å². The van der Waals surface area contributed by atoms with Gasteiger partial charge in [0.15, 0.2) is 0 Å². The van der Waals surface area contributed by atoms with Gasteiger partial charge in [-0.3, -0.25) is 9.48 Å². The SMILES string of the molecule is CCCC(C)C(=O)N1CCC(n2ccc(N)n2)CC1. The highest BCUT2D eigenvalue weighted by molar-refractivity contribution is 5.78. The number of piperidine rings is 1. The molecule has 106 valence electrons. The Balaban J connectivity index is 1.87. The number of likely N-dealkylation sites (tertiary alicyclic amines) is 1. The van der Waals surface area contributed by atoms with E-state index in [9.17, 15) is 4.79 Å². The van der Waals surface area contributed by atoms with E-state index in [4.69, 9.17) is 5.73 Å². The minimum Gasteiger partial charge on any atom is -0.382 e. The number of nitrogens with zero attached hydrogens (tertiary/aromatic N) is 3. The molecule has 0 spiro atoms. The van der Waals surface area contributed by atoms with Gasteiger partial charge in [-0.15, -0.1) is 0 Å². The maximum absolute atomic E-state index is 12.2. The third-order valence-electron chi connectivity index (χ3n) is 3.92. The number of carbonyl (C=O) groups excluding carboxylic acids is 1. The fourth-order valence-electron chi connectivity index (χ4n) is 2.78. The first-order valence-corrected chi connectivity index (χ1v) is 7.21. The standard InChI is InChI=1S/C14H24N4O/c1-3-4-11(2)14(19)17-8-5-12(6-9-17)18-10-7-13(15)16-18/h7,10-12H,3-6,8-9H2,1-2H3,(H2,15,16). The summed E-state index contributed by atoms with van der Waals surface area (Å²) >= 11 is 0. The van der Waals surface area contributed by atoms with Crippen molar-refractivity contribution in [1.29, 1.82) is 0 Å². The molecule has 1 aromatic rings. The van der Waals surface area contributed by atoms with Gasteiger partial charge in [0.2, 0.25) is 5.91 Å². The predicted octanol–water partition coefficient (Wildman–Crippen LogP) is 2.07. The first-order chi connectivity index (χ1) is 9.11. The summed E-state index contributed by atoms with van der Waals surface area (Å²) in [6.07, 6.45) is 5.90. The lowest BCUT2D eigenvalue weighted by atomic mass is 10.0. The van der Waals surface area contributed by atoms with Crippen molar-refractivity contribution in [1.82, 2.24) is 14.7 Å². The second-order valence-corrected chi connectivity index (χ2v) is 5.47. The third-order valence-corrected chi connectivity index (χ3v) is 3.92. The van der Waals surface area contributed by atoms with Crippen LogP contribution in [0.25, 0.3) is 0 Å². The Morgan fingerprint density at radius 1 is 1.53 bits per heavy atom. The van der Waals surface area contributed by atoms with Gasteiger partial charge in [0, 0.05) is 25.2 Å². The quantitative estimate of drug-likeness (QED) is 0.905. The summed E-state index contributed by atoms with van der Waals surface area (Å²) in [5, 5.41) is 4.26. The second-order valence-electron chi connectivity index (χ2n) is 5.47. The number of rotatable bonds is 4. The highest BCUT2D eigenvalue weighted by Gasteiger charge is 2.26. The summed E-state index contributed by atoms with van der Waals surface area (Å²) in [6, 6.07) is 2.20. The summed E-state index contributed by atoms with van der Waals surface area (Å²) in [6.45, 7) is 5.82. The Kier molecular flexibility index (Phi) is 4.45. The summed E-state index contributed by atoms with van der Waals surface area (Å²) in [5.41, 5.74) is 5.64. The number of anilines is 1. The highest BCUT2D eigenvalue weighted by Crippen LogP contribution is 2.24. The van der Waals surface area contributed by atoms with Crippen LogP contribution in [0.2, 0.25) is 0 Å². The molecule has 5 heteroatoms. The van der Waals surface area contributed by atoms with Crippen molar-refractivity contribution in [3.63, 3.8) is 0 Å². The zero-order valence-electron chi connectivity index (χ0n) is 11.9. The molecule has 0 radical (unpaired) electrons. The maximum Gasteiger partial charge on any atom is 0.225 e. The zero-order chi connectivity index (χ0) is 13.8. The van der Waals surface area contributed by atoms with Crippen molar-refractivity contribution >= 4 is 11.7 Å². The number of hydrogen-bond acceptors (Lipinski definition) is 3. The number of nitrogen functional groups attached to an aromatic ring is 1.